The topological polar surface area (TPSA) is 59.9 Å². The fraction of sp³-hybridized carbons (Fsp3) is 0.364. The molecular formula is C11H11BrN4OS. The Bertz CT molecular complexity index is 543. The molecule has 0 saturated heterocycles. The minimum Gasteiger partial charge on any atom is -0.428 e. The number of pyridine rings is 1. The summed E-state index contributed by atoms with van der Waals surface area (Å²) in [6.45, 7) is 0.766. The highest BCUT2D eigenvalue weighted by Gasteiger charge is 2.20. The highest BCUT2D eigenvalue weighted by molar-refractivity contribution is 9.10. The van der Waals surface area contributed by atoms with Gasteiger partial charge < -0.3 is 10.1 Å². The second kappa shape index (κ2) is 5.29. The van der Waals surface area contributed by atoms with Crippen molar-refractivity contribution in [2.75, 3.05) is 0 Å². The van der Waals surface area contributed by atoms with Crippen molar-refractivity contribution in [1.29, 1.82) is 0 Å². The number of ether oxygens (including phenoxy) is 1. The molecule has 1 N–H and O–H groups in total. The Hall–Kier alpha value is -1.05. The van der Waals surface area contributed by atoms with Gasteiger partial charge in [-0.25, -0.2) is 0 Å². The largest absolute Gasteiger partial charge is 0.428 e. The number of aromatic nitrogens is 3. The molecule has 2 heterocycles. The first kappa shape index (κ1) is 12.0. The maximum Gasteiger partial charge on any atom is 0.299 e. The van der Waals surface area contributed by atoms with Gasteiger partial charge in [-0.05, 0) is 34.8 Å². The summed E-state index contributed by atoms with van der Waals surface area (Å²) < 4.78 is 6.46. The Labute approximate surface area is 117 Å². The lowest BCUT2D eigenvalue weighted by Crippen LogP contribution is -2.14. The second-order valence-corrected chi connectivity index (χ2v) is 6.00. The van der Waals surface area contributed by atoms with Crippen LogP contribution in [-0.4, -0.2) is 21.2 Å². The van der Waals surface area contributed by atoms with Crippen LogP contribution in [0.25, 0.3) is 0 Å². The molecule has 1 aliphatic carbocycles. The fourth-order valence-electron chi connectivity index (χ4n) is 1.42. The predicted octanol–water partition coefficient (Wildman–Crippen LogP) is 2.74. The summed E-state index contributed by atoms with van der Waals surface area (Å²) in [5.41, 5.74) is 0. The lowest BCUT2D eigenvalue weighted by Gasteiger charge is -1.99. The average molecular weight is 327 g/mol. The summed E-state index contributed by atoms with van der Waals surface area (Å²) in [6.07, 6.45) is 5.89. The molecule has 18 heavy (non-hydrogen) atoms. The van der Waals surface area contributed by atoms with Crippen LogP contribution in [0.3, 0.4) is 0 Å². The van der Waals surface area contributed by atoms with E-state index < -0.39 is 0 Å². The summed E-state index contributed by atoms with van der Waals surface area (Å²) in [6, 6.07) is 2.52. The van der Waals surface area contributed by atoms with Gasteiger partial charge in [0.15, 0.2) is 0 Å². The van der Waals surface area contributed by atoms with Gasteiger partial charge in [0.1, 0.15) is 10.8 Å². The van der Waals surface area contributed by atoms with Crippen molar-refractivity contribution in [2.45, 2.75) is 25.4 Å². The molecule has 0 amide bonds. The van der Waals surface area contributed by atoms with Gasteiger partial charge in [-0.2, -0.15) is 0 Å². The summed E-state index contributed by atoms with van der Waals surface area (Å²) in [5.74, 6) is 0.655. The van der Waals surface area contributed by atoms with Crippen molar-refractivity contribution >= 4 is 27.3 Å². The molecule has 5 nitrogen and oxygen atoms in total. The second-order valence-electron chi connectivity index (χ2n) is 4.06. The fourth-order valence-corrected chi connectivity index (χ4v) is 2.42. The van der Waals surface area contributed by atoms with Gasteiger partial charge in [0.25, 0.3) is 5.19 Å². The van der Waals surface area contributed by atoms with Crippen LogP contribution in [0.5, 0.6) is 10.9 Å². The first-order valence-electron chi connectivity index (χ1n) is 5.64. The third-order valence-electron chi connectivity index (χ3n) is 2.45. The SMILES string of the molecule is Brc1cncc(Oc2nnc(CNC3CC3)s2)c1. The molecule has 0 unspecified atom stereocenters. The van der Waals surface area contributed by atoms with Gasteiger partial charge in [0.05, 0.1) is 12.7 Å². The predicted molar refractivity (Wildman–Crippen MR) is 71.8 cm³/mol. The van der Waals surface area contributed by atoms with Crippen molar-refractivity contribution < 1.29 is 4.74 Å². The van der Waals surface area contributed by atoms with Crippen molar-refractivity contribution in [3.05, 3.63) is 27.9 Å². The summed E-state index contributed by atoms with van der Waals surface area (Å²) in [5, 5.41) is 13.0. The number of hydrogen-bond acceptors (Lipinski definition) is 6. The van der Waals surface area contributed by atoms with Crippen LogP contribution in [0, 0.1) is 0 Å². The van der Waals surface area contributed by atoms with Gasteiger partial charge >= 0.3 is 0 Å². The van der Waals surface area contributed by atoms with Crippen LogP contribution in [0.2, 0.25) is 0 Å². The van der Waals surface area contributed by atoms with Crippen molar-refractivity contribution in [2.24, 2.45) is 0 Å². The lowest BCUT2D eigenvalue weighted by molar-refractivity contribution is 0.470. The van der Waals surface area contributed by atoms with Crippen LogP contribution in [0.1, 0.15) is 17.8 Å². The monoisotopic (exact) mass is 326 g/mol. The van der Waals surface area contributed by atoms with E-state index >= 15 is 0 Å². The molecule has 0 bridgehead atoms. The number of hydrogen-bond donors (Lipinski definition) is 1. The molecule has 0 radical (unpaired) electrons. The first-order chi connectivity index (χ1) is 8.79. The molecule has 3 rings (SSSR count). The van der Waals surface area contributed by atoms with Gasteiger partial charge in [-0.3, -0.25) is 4.98 Å². The van der Waals surface area contributed by atoms with Crippen LogP contribution in [-0.2, 0) is 6.54 Å². The van der Waals surface area contributed by atoms with Gasteiger partial charge in [-0.15, -0.1) is 5.10 Å². The van der Waals surface area contributed by atoms with E-state index in [2.05, 4.69) is 36.4 Å². The van der Waals surface area contributed by atoms with E-state index in [-0.39, 0.29) is 0 Å². The molecule has 0 aliphatic heterocycles. The van der Waals surface area contributed by atoms with E-state index in [0.29, 0.717) is 17.0 Å². The Balaban J connectivity index is 1.61. The molecule has 94 valence electrons. The quantitative estimate of drug-likeness (QED) is 0.915. The minimum absolute atomic E-state index is 0.544. The van der Waals surface area contributed by atoms with Crippen LogP contribution >= 0.6 is 27.3 Å². The van der Waals surface area contributed by atoms with E-state index in [9.17, 15) is 0 Å². The zero-order valence-corrected chi connectivity index (χ0v) is 11.9. The molecule has 1 fully saturated rings. The number of rotatable bonds is 5. The Morgan fingerprint density at radius 1 is 1.39 bits per heavy atom. The summed E-state index contributed by atoms with van der Waals surface area (Å²) >= 11 is 4.80. The van der Waals surface area contributed by atoms with E-state index in [1.807, 2.05) is 6.07 Å². The summed E-state index contributed by atoms with van der Waals surface area (Å²) in [7, 11) is 0. The highest BCUT2D eigenvalue weighted by atomic mass is 79.9. The maximum absolute atomic E-state index is 5.59. The van der Waals surface area contributed by atoms with Crippen LogP contribution in [0.4, 0.5) is 0 Å². The Morgan fingerprint density at radius 3 is 3.06 bits per heavy atom. The van der Waals surface area contributed by atoms with Crippen LogP contribution < -0.4 is 10.1 Å². The average Bonchev–Trinajstić information content (AvgIpc) is 3.08. The zero-order chi connectivity index (χ0) is 12.4. The number of halogens is 1. The van der Waals surface area contributed by atoms with E-state index in [4.69, 9.17) is 4.74 Å². The molecule has 2 aromatic rings. The van der Waals surface area contributed by atoms with Crippen molar-refractivity contribution in [1.82, 2.24) is 20.5 Å². The van der Waals surface area contributed by atoms with Gasteiger partial charge in [-0.1, -0.05) is 16.4 Å². The van der Waals surface area contributed by atoms with Crippen molar-refractivity contribution in [3.63, 3.8) is 0 Å². The molecule has 7 heteroatoms. The van der Waals surface area contributed by atoms with Crippen molar-refractivity contribution in [3.8, 4) is 10.9 Å². The molecule has 1 aliphatic rings. The first-order valence-corrected chi connectivity index (χ1v) is 7.25. The molecule has 0 atom stereocenters. The third kappa shape index (κ3) is 3.24. The maximum atomic E-state index is 5.59. The van der Waals surface area contributed by atoms with E-state index in [1.54, 1.807) is 12.4 Å². The lowest BCUT2D eigenvalue weighted by atomic mass is 10.5. The molecule has 0 aromatic carbocycles. The molecule has 1 saturated carbocycles. The Kier molecular flexibility index (Phi) is 3.53. The van der Waals surface area contributed by atoms with E-state index in [0.717, 1.165) is 16.0 Å². The highest BCUT2D eigenvalue weighted by Crippen LogP contribution is 2.26. The molecule has 0 spiro atoms. The Morgan fingerprint density at radius 2 is 2.28 bits per heavy atom. The van der Waals surface area contributed by atoms with E-state index in [1.165, 1.54) is 24.2 Å². The van der Waals surface area contributed by atoms with Crippen LogP contribution in [0.15, 0.2) is 22.9 Å². The molecular weight excluding hydrogens is 316 g/mol. The number of nitrogens with zero attached hydrogens (tertiary/aromatic N) is 3. The summed E-state index contributed by atoms with van der Waals surface area (Å²) in [4.78, 5) is 4.03. The standard InChI is InChI=1S/C11H11BrN4OS/c12-7-3-9(5-13-4-7)17-11-16-15-10(18-11)6-14-8-1-2-8/h3-5,8,14H,1-2,6H2. The normalized spacial score (nSPS) is 14.7. The number of nitrogens with one attached hydrogen (secondary N) is 1. The smallest absolute Gasteiger partial charge is 0.299 e. The minimum atomic E-state index is 0.544. The third-order valence-corrected chi connectivity index (χ3v) is 3.69. The molecule has 2 aromatic heterocycles. The van der Waals surface area contributed by atoms with Gasteiger partial charge in [0, 0.05) is 16.7 Å². The zero-order valence-electron chi connectivity index (χ0n) is 9.47. The van der Waals surface area contributed by atoms with Gasteiger partial charge in [0.2, 0.25) is 0 Å².